The van der Waals surface area contributed by atoms with E-state index in [2.05, 4.69) is 45.0 Å². The van der Waals surface area contributed by atoms with Crippen molar-refractivity contribution in [3.05, 3.63) is 76.2 Å². The number of carbonyl (C=O) groups is 2. The maximum absolute atomic E-state index is 13.3. The lowest BCUT2D eigenvalue weighted by atomic mass is 9.87. The number of fused-ring (bicyclic) bond motifs is 1. The SMILES string of the molecule is CC(C)(C)c1ccc(C[N+]2=C3C=CSC3C(=O)N(c3ccc(Cl)cc3)C2=O)cc1. The number of carbonyl (C=O) groups excluding carboxylic acids is 2. The van der Waals surface area contributed by atoms with Gasteiger partial charge in [0.05, 0.1) is 0 Å². The van der Waals surface area contributed by atoms with Crippen molar-refractivity contribution in [1.82, 2.24) is 0 Å². The van der Waals surface area contributed by atoms with Crippen LogP contribution in [0.3, 0.4) is 0 Å². The zero-order valence-electron chi connectivity index (χ0n) is 16.6. The summed E-state index contributed by atoms with van der Waals surface area (Å²) in [7, 11) is 0. The van der Waals surface area contributed by atoms with Crippen LogP contribution in [0.25, 0.3) is 0 Å². The summed E-state index contributed by atoms with van der Waals surface area (Å²) < 4.78 is 1.70. The Morgan fingerprint density at radius 3 is 2.31 bits per heavy atom. The number of allylic oxidation sites excluding steroid dienone is 1. The van der Waals surface area contributed by atoms with Crippen LogP contribution in [0.5, 0.6) is 0 Å². The molecule has 2 aromatic rings. The minimum Gasteiger partial charge on any atom is -0.244 e. The number of urea groups is 1. The second-order valence-corrected chi connectivity index (χ2v) is 9.66. The lowest BCUT2D eigenvalue weighted by Crippen LogP contribution is -2.55. The summed E-state index contributed by atoms with van der Waals surface area (Å²) >= 11 is 7.41. The molecule has 0 aromatic heterocycles. The minimum atomic E-state index is -0.405. The van der Waals surface area contributed by atoms with Gasteiger partial charge in [0, 0.05) is 5.02 Å². The second-order valence-electron chi connectivity index (χ2n) is 8.21. The Kier molecular flexibility index (Phi) is 5.13. The molecule has 0 saturated heterocycles. The Morgan fingerprint density at radius 2 is 1.69 bits per heavy atom. The average molecular weight is 426 g/mol. The van der Waals surface area contributed by atoms with Crippen LogP contribution in [0.1, 0.15) is 31.9 Å². The Morgan fingerprint density at radius 1 is 1.03 bits per heavy atom. The number of nitrogens with zero attached hydrogens (tertiary/aromatic N) is 2. The molecule has 1 atom stereocenters. The van der Waals surface area contributed by atoms with E-state index in [-0.39, 0.29) is 17.4 Å². The summed E-state index contributed by atoms with van der Waals surface area (Å²) in [6.07, 6.45) is 1.87. The monoisotopic (exact) mass is 425 g/mol. The average Bonchev–Trinajstić information content (AvgIpc) is 3.16. The molecule has 0 aliphatic carbocycles. The van der Waals surface area contributed by atoms with Crippen molar-refractivity contribution in [2.75, 3.05) is 4.90 Å². The van der Waals surface area contributed by atoms with Crippen LogP contribution in [0.4, 0.5) is 10.5 Å². The fourth-order valence-corrected chi connectivity index (χ4v) is 4.55. The molecule has 0 radical (unpaired) electrons. The Balaban J connectivity index is 1.70. The maximum atomic E-state index is 13.3. The fraction of sp³-hybridized carbons (Fsp3) is 0.261. The van der Waals surface area contributed by atoms with Gasteiger partial charge < -0.3 is 0 Å². The van der Waals surface area contributed by atoms with Crippen LogP contribution >= 0.6 is 23.4 Å². The molecule has 2 aromatic carbocycles. The number of rotatable bonds is 3. The highest BCUT2D eigenvalue weighted by Crippen LogP contribution is 2.32. The zero-order valence-corrected chi connectivity index (χ0v) is 18.1. The summed E-state index contributed by atoms with van der Waals surface area (Å²) in [4.78, 5) is 27.6. The normalized spacial score (nSPS) is 19.2. The third kappa shape index (κ3) is 3.77. The number of halogens is 1. The van der Waals surface area contributed by atoms with E-state index < -0.39 is 5.25 Å². The van der Waals surface area contributed by atoms with E-state index >= 15 is 0 Å². The Labute approximate surface area is 179 Å². The van der Waals surface area contributed by atoms with Gasteiger partial charge in [-0.25, -0.2) is 4.79 Å². The zero-order chi connectivity index (χ0) is 20.8. The molecule has 0 bridgehead atoms. The first-order valence-corrected chi connectivity index (χ1v) is 10.8. The van der Waals surface area contributed by atoms with Crippen molar-refractivity contribution in [3.63, 3.8) is 0 Å². The van der Waals surface area contributed by atoms with Gasteiger partial charge in [0.25, 0.3) is 0 Å². The smallest absolute Gasteiger partial charge is 0.244 e. The predicted molar refractivity (Wildman–Crippen MR) is 119 cm³/mol. The van der Waals surface area contributed by atoms with E-state index in [0.717, 1.165) is 11.3 Å². The van der Waals surface area contributed by atoms with E-state index in [1.807, 2.05) is 11.5 Å². The molecule has 2 heterocycles. The maximum Gasteiger partial charge on any atom is 0.506 e. The molecule has 2 aliphatic rings. The third-order valence-corrected chi connectivity index (χ3v) is 6.41. The van der Waals surface area contributed by atoms with Gasteiger partial charge >= 0.3 is 11.9 Å². The topological polar surface area (TPSA) is 40.4 Å². The molecule has 4 nitrogen and oxygen atoms in total. The van der Waals surface area contributed by atoms with Crippen molar-refractivity contribution in [1.29, 1.82) is 0 Å². The molecule has 1 unspecified atom stereocenters. The second kappa shape index (κ2) is 7.47. The molecular weight excluding hydrogens is 404 g/mol. The largest absolute Gasteiger partial charge is 0.506 e. The predicted octanol–water partition coefficient (Wildman–Crippen LogP) is 5.39. The summed E-state index contributed by atoms with van der Waals surface area (Å²) in [5.74, 6) is -0.221. The lowest BCUT2D eigenvalue weighted by molar-refractivity contribution is -0.444. The quantitative estimate of drug-likeness (QED) is 0.619. The summed E-state index contributed by atoms with van der Waals surface area (Å²) in [6, 6.07) is 14.8. The van der Waals surface area contributed by atoms with E-state index in [1.165, 1.54) is 22.2 Å². The highest BCUT2D eigenvalue weighted by molar-refractivity contribution is 8.04. The van der Waals surface area contributed by atoms with Crippen molar-refractivity contribution in [3.8, 4) is 0 Å². The molecule has 0 fully saturated rings. The van der Waals surface area contributed by atoms with E-state index in [4.69, 9.17) is 11.6 Å². The Hall–Kier alpha value is -2.37. The molecule has 2 aliphatic heterocycles. The van der Waals surface area contributed by atoms with Gasteiger partial charge in [0.15, 0.2) is 5.25 Å². The minimum absolute atomic E-state index is 0.0714. The van der Waals surface area contributed by atoms with Gasteiger partial charge in [0.2, 0.25) is 0 Å². The number of anilines is 1. The van der Waals surface area contributed by atoms with E-state index in [0.29, 0.717) is 17.3 Å². The molecule has 0 saturated carbocycles. The molecule has 29 heavy (non-hydrogen) atoms. The van der Waals surface area contributed by atoms with Crippen LogP contribution in [-0.2, 0) is 16.8 Å². The van der Waals surface area contributed by atoms with E-state index in [1.54, 1.807) is 28.8 Å². The molecule has 6 heteroatoms. The molecule has 148 valence electrons. The molecule has 0 spiro atoms. The Bertz CT molecular complexity index is 1030. The van der Waals surface area contributed by atoms with Crippen molar-refractivity contribution < 1.29 is 14.2 Å². The van der Waals surface area contributed by atoms with Gasteiger partial charge in [-0.1, -0.05) is 56.6 Å². The van der Waals surface area contributed by atoms with Crippen LogP contribution in [-0.4, -0.2) is 27.5 Å². The number of hydrogen-bond acceptors (Lipinski definition) is 3. The van der Waals surface area contributed by atoms with E-state index in [9.17, 15) is 9.59 Å². The number of benzene rings is 2. The van der Waals surface area contributed by atoms with Gasteiger partial charge in [-0.15, -0.1) is 16.7 Å². The fourth-order valence-electron chi connectivity index (χ4n) is 3.48. The molecule has 3 amide bonds. The number of hydrogen-bond donors (Lipinski definition) is 0. The van der Waals surface area contributed by atoms with Crippen molar-refractivity contribution in [2.24, 2.45) is 0 Å². The summed E-state index contributed by atoms with van der Waals surface area (Å²) in [5.41, 5.74) is 3.61. The van der Waals surface area contributed by atoms with Gasteiger partial charge in [-0.2, -0.15) is 9.37 Å². The summed E-state index contributed by atoms with van der Waals surface area (Å²) in [5, 5.41) is 2.04. The standard InChI is InChI=1S/C23H22ClN2O2S/c1-23(2,3)16-6-4-15(5-7-16)14-25-19-12-13-29-20(19)21(27)26(22(25)28)18-10-8-17(24)9-11-18/h4-13,20H,14H2,1-3H3/q+1. The lowest BCUT2D eigenvalue weighted by Gasteiger charge is -2.24. The van der Waals surface area contributed by atoms with Crippen molar-refractivity contribution in [2.45, 2.75) is 38.0 Å². The first-order chi connectivity index (χ1) is 13.8. The number of amides is 3. The van der Waals surface area contributed by atoms with Gasteiger partial charge in [0.1, 0.15) is 17.9 Å². The molecular formula is C23H22ClN2O2S+. The highest BCUT2D eigenvalue weighted by atomic mass is 35.5. The first kappa shape index (κ1) is 19.9. The molecule has 0 N–H and O–H groups in total. The number of thioether (sulfide) groups is 1. The van der Waals surface area contributed by atoms with Gasteiger partial charge in [-0.3, -0.25) is 0 Å². The third-order valence-electron chi connectivity index (χ3n) is 5.15. The summed E-state index contributed by atoms with van der Waals surface area (Å²) in [6.45, 7) is 6.93. The van der Waals surface area contributed by atoms with Crippen molar-refractivity contribution >= 4 is 46.7 Å². The van der Waals surface area contributed by atoms with Crippen LogP contribution in [0.15, 0.2) is 60.0 Å². The highest BCUT2D eigenvalue weighted by Gasteiger charge is 2.49. The van der Waals surface area contributed by atoms with Crippen LogP contribution < -0.4 is 4.90 Å². The molecule has 4 rings (SSSR count). The van der Waals surface area contributed by atoms with Gasteiger partial charge in [-0.05, 0) is 52.3 Å². The van der Waals surface area contributed by atoms with Crippen LogP contribution in [0, 0.1) is 0 Å². The van der Waals surface area contributed by atoms with Crippen LogP contribution in [0.2, 0.25) is 5.02 Å². The first-order valence-electron chi connectivity index (χ1n) is 9.45. The number of imide groups is 1.